The van der Waals surface area contributed by atoms with E-state index in [1.807, 2.05) is 45.0 Å². The van der Waals surface area contributed by atoms with Crippen LogP contribution in [0.3, 0.4) is 0 Å². The van der Waals surface area contributed by atoms with Crippen LogP contribution in [0.15, 0.2) is 24.3 Å². The van der Waals surface area contributed by atoms with Gasteiger partial charge in [-0.2, -0.15) is 0 Å². The van der Waals surface area contributed by atoms with Gasteiger partial charge >= 0.3 is 0 Å². The largest absolute Gasteiger partial charge is 0.368 e. The van der Waals surface area contributed by atoms with E-state index in [9.17, 15) is 4.79 Å². The first kappa shape index (κ1) is 12.7. The molecule has 2 N–H and O–H groups in total. The Morgan fingerprint density at radius 2 is 1.75 bits per heavy atom. The van der Waals surface area contributed by atoms with Gasteiger partial charge in [-0.3, -0.25) is 9.69 Å². The fourth-order valence-electron chi connectivity index (χ4n) is 1.89. The molecule has 1 aromatic rings. The smallest absolute Gasteiger partial charge is 0.239 e. The van der Waals surface area contributed by atoms with Crippen LogP contribution < -0.4 is 5.73 Å². The number of carbonyl (C=O) groups is 1. The molecular formula is C13H20N2O. The van der Waals surface area contributed by atoms with Crippen LogP contribution in [-0.2, 0) is 4.79 Å². The van der Waals surface area contributed by atoms with E-state index in [-0.39, 0.29) is 11.9 Å². The molecule has 0 radical (unpaired) electrons. The lowest BCUT2D eigenvalue weighted by atomic mass is 10.0. The third kappa shape index (κ3) is 2.83. The van der Waals surface area contributed by atoms with Crippen molar-refractivity contribution >= 4 is 5.91 Å². The number of likely N-dealkylation sites (N-methyl/N-ethyl adjacent to an activating group) is 1. The molecule has 1 amide bonds. The second-order valence-corrected chi connectivity index (χ2v) is 3.94. The second kappa shape index (κ2) is 5.66. The van der Waals surface area contributed by atoms with Crippen molar-refractivity contribution in [2.24, 2.45) is 5.73 Å². The summed E-state index contributed by atoms with van der Waals surface area (Å²) in [6, 6.07) is 7.66. The van der Waals surface area contributed by atoms with Gasteiger partial charge in [-0.05, 0) is 25.6 Å². The van der Waals surface area contributed by atoms with Gasteiger partial charge < -0.3 is 5.73 Å². The number of rotatable bonds is 5. The van der Waals surface area contributed by atoms with Crippen LogP contribution in [0.5, 0.6) is 0 Å². The molecule has 1 aromatic carbocycles. The molecular weight excluding hydrogens is 200 g/mol. The molecule has 0 saturated carbocycles. The quantitative estimate of drug-likeness (QED) is 0.823. The number of nitrogens with two attached hydrogens (primary N) is 1. The fourth-order valence-corrected chi connectivity index (χ4v) is 1.89. The molecule has 1 atom stereocenters. The van der Waals surface area contributed by atoms with Gasteiger partial charge in [-0.1, -0.05) is 43.7 Å². The fraction of sp³-hybridized carbons (Fsp3) is 0.462. The topological polar surface area (TPSA) is 46.3 Å². The third-order valence-corrected chi connectivity index (χ3v) is 2.84. The Hall–Kier alpha value is -1.35. The van der Waals surface area contributed by atoms with Crippen molar-refractivity contribution in [2.75, 3.05) is 13.1 Å². The first-order valence-corrected chi connectivity index (χ1v) is 5.70. The summed E-state index contributed by atoms with van der Waals surface area (Å²) in [4.78, 5) is 13.6. The minimum Gasteiger partial charge on any atom is -0.368 e. The summed E-state index contributed by atoms with van der Waals surface area (Å²) >= 11 is 0. The number of primary amides is 1. The van der Waals surface area contributed by atoms with Crippen LogP contribution in [0, 0.1) is 6.92 Å². The lowest BCUT2D eigenvalue weighted by molar-refractivity contribution is -0.123. The standard InChI is InChI=1S/C13H20N2O/c1-4-15(5-2)12(13(14)16)11-8-6-10(3)7-9-11/h6-9,12H,4-5H2,1-3H3,(H2,14,16). The highest BCUT2D eigenvalue weighted by molar-refractivity contribution is 5.81. The number of aryl methyl sites for hydroxylation is 1. The molecule has 0 aliphatic carbocycles. The Labute approximate surface area is 97.2 Å². The van der Waals surface area contributed by atoms with Gasteiger partial charge in [0.1, 0.15) is 6.04 Å². The number of hydrogen-bond donors (Lipinski definition) is 1. The zero-order chi connectivity index (χ0) is 12.1. The summed E-state index contributed by atoms with van der Waals surface area (Å²) < 4.78 is 0. The molecule has 0 aromatic heterocycles. The first-order valence-electron chi connectivity index (χ1n) is 5.70. The van der Waals surface area contributed by atoms with Gasteiger partial charge in [-0.15, -0.1) is 0 Å². The van der Waals surface area contributed by atoms with Crippen molar-refractivity contribution in [1.82, 2.24) is 4.90 Å². The molecule has 3 nitrogen and oxygen atoms in total. The van der Waals surface area contributed by atoms with E-state index >= 15 is 0 Å². The molecule has 0 fully saturated rings. The van der Waals surface area contributed by atoms with Gasteiger partial charge in [0.15, 0.2) is 0 Å². The minimum atomic E-state index is -0.310. The Morgan fingerprint density at radius 3 is 2.12 bits per heavy atom. The zero-order valence-electron chi connectivity index (χ0n) is 10.2. The molecule has 16 heavy (non-hydrogen) atoms. The van der Waals surface area contributed by atoms with Crippen molar-refractivity contribution in [3.05, 3.63) is 35.4 Å². The van der Waals surface area contributed by atoms with E-state index < -0.39 is 0 Å². The molecule has 0 spiro atoms. The predicted molar refractivity (Wildman–Crippen MR) is 66.0 cm³/mol. The second-order valence-electron chi connectivity index (χ2n) is 3.94. The number of carbonyl (C=O) groups excluding carboxylic acids is 1. The number of amides is 1. The Bertz CT molecular complexity index is 341. The molecule has 1 rings (SSSR count). The summed E-state index contributed by atoms with van der Waals surface area (Å²) in [6.45, 7) is 7.73. The van der Waals surface area contributed by atoms with Crippen LogP contribution in [0.4, 0.5) is 0 Å². The highest BCUT2D eigenvalue weighted by Crippen LogP contribution is 2.20. The van der Waals surface area contributed by atoms with Crippen molar-refractivity contribution in [3.63, 3.8) is 0 Å². The molecule has 88 valence electrons. The molecule has 3 heteroatoms. The zero-order valence-corrected chi connectivity index (χ0v) is 10.2. The normalized spacial score (nSPS) is 12.8. The molecule has 0 heterocycles. The van der Waals surface area contributed by atoms with Crippen molar-refractivity contribution < 1.29 is 4.79 Å². The maximum absolute atomic E-state index is 11.5. The van der Waals surface area contributed by atoms with Crippen molar-refractivity contribution in [1.29, 1.82) is 0 Å². The van der Waals surface area contributed by atoms with Gasteiger partial charge in [-0.25, -0.2) is 0 Å². The van der Waals surface area contributed by atoms with Crippen LogP contribution in [0.2, 0.25) is 0 Å². The van der Waals surface area contributed by atoms with Gasteiger partial charge in [0, 0.05) is 0 Å². The lowest BCUT2D eigenvalue weighted by Gasteiger charge is -2.27. The van der Waals surface area contributed by atoms with Gasteiger partial charge in [0.2, 0.25) is 5.91 Å². The SMILES string of the molecule is CCN(CC)C(C(N)=O)c1ccc(C)cc1. The number of hydrogen-bond acceptors (Lipinski definition) is 2. The maximum atomic E-state index is 11.5. The van der Waals surface area contributed by atoms with Crippen LogP contribution >= 0.6 is 0 Å². The van der Waals surface area contributed by atoms with E-state index in [0.717, 1.165) is 18.7 Å². The number of benzene rings is 1. The predicted octanol–water partition coefficient (Wildman–Crippen LogP) is 1.86. The average Bonchev–Trinajstić information content (AvgIpc) is 2.27. The molecule has 1 unspecified atom stereocenters. The monoisotopic (exact) mass is 220 g/mol. The Morgan fingerprint density at radius 1 is 1.25 bits per heavy atom. The molecule has 0 bridgehead atoms. The van der Waals surface area contributed by atoms with Crippen LogP contribution in [-0.4, -0.2) is 23.9 Å². The van der Waals surface area contributed by atoms with Crippen LogP contribution in [0.1, 0.15) is 31.0 Å². The summed E-state index contributed by atoms with van der Waals surface area (Å²) in [5.41, 5.74) is 7.64. The van der Waals surface area contributed by atoms with Crippen molar-refractivity contribution in [2.45, 2.75) is 26.8 Å². The highest BCUT2D eigenvalue weighted by Gasteiger charge is 2.22. The lowest BCUT2D eigenvalue weighted by Crippen LogP contribution is -2.37. The summed E-state index contributed by atoms with van der Waals surface area (Å²) in [5.74, 6) is -0.285. The first-order chi connectivity index (χ1) is 7.60. The highest BCUT2D eigenvalue weighted by atomic mass is 16.1. The van der Waals surface area contributed by atoms with E-state index in [1.54, 1.807) is 0 Å². The third-order valence-electron chi connectivity index (χ3n) is 2.84. The molecule has 0 aliphatic rings. The Balaban J connectivity index is 3.02. The van der Waals surface area contributed by atoms with E-state index in [0.29, 0.717) is 0 Å². The number of nitrogens with zero attached hydrogens (tertiary/aromatic N) is 1. The van der Waals surface area contributed by atoms with E-state index in [2.05, 4.69) is 4.90 Å². The maximum Gasteiger partial charge on any atom is 0.239 e. The molecule has 0 saturated heterocycles. The average molecular weight is 220 g/mol. The van der Waals surface area contributed by atoms with Gasteiger partial charge in [0.25, 0.3) is 0 Å². The van der Waals surface area contributed by atoms with E-state index in [4.69, 9.17) is 5.73 Å². The summed E-state index contributed by atoms with van der Waals surface area (Å²) in [6.07, 6.45) is 0. The molecule has 0 aliphatic heterocycles. The van der Waals surface area contributed by atoms with Crippen LogP contribution in [0.25, 0.3) is 0 Å². The van der Waals surface area contributed by atoms with Gasteiger partial charge in [0.05, 0.1) is 0 Å². The summed E-state index contributed by atoms with van der Waals surface area (Å²) in [7, 11) is 0. The Kier molecular flexibility index (Phi) is 4.50. The minimum absolute atomic E-state index is 0.285. The van der Waals surface area contributed by atoms with E-state index in [1.165, 1.54) is 5.56 Å². The van der Waals surface area contributed by atoms with Crippen molar-refractivity contribution in [3.8, 4) is 0 Å². The summed E-state index contributed by atoms with van der Waals surface area (Å²) in [5, 5.41) is 0.